The molecule has 3 aromatic rings. The van der Waals surface area contributed by atoms with E-state index in [2.05, 4.69) is 21.9 Å². The molecular weight excluding hydrogens is 345 g/mol. The smallest absolute Gasteiger partial charge is 0.153 e. The highest BCUT2D eigenvalue weighted by molar-refractivity contribution is 6.32. The second-order valence-electron chi connectivity index (χ2n) is 5.69. The van der Waals surface area contributed by atoms with E-state index in [4.69, 9.17) is 16.0 Å². The summed E-state index contributed by atoms with van der Waals surface area (Å²) in [6, 6.07) is 7.99. The molecule has 1 aliphatic heterocycles. The van der Waals surface area contributed by atoms with Gasteiger partial charge in [0.2, 0.25) is 0 Å². The molecule has 124 valence electrons. The fourth-order valence-electron chi connectivity index (χ4n) is 2.96. The number of rotatable bonds is 3. The number of aromatic nitrogens is 2. The maximum absolute atomic E-state index is 6.37. The number of fused-ring (bicyclic) bond motifs is 1. The van der Waals surface area contributed by atoms with E-state index in [0.717, 1.165) is 46.6 Å². The van der Waals surface area contributed by atoms with Gasteiger partial charge in [0.1, 0.15) is 16.4 Å². The number of nitrogens with zero attached hydrogens (tertiary/aromatic N) is 2. The van der Waals surface area contributed by atoms with Crippen LogP contribution in [0.5, 0.6) is 0 Å². The normalized spacial score (nSPS) is 17.0. The van der Waals surface area contributed by atoms with Crippen molar-refractivity contribution < 1.29 is 4.42 Å². The van der Waals surface area contributed by atoms with Crippen LogP contribution in [0.15, 0.2) is 41.5 Å². The van der Waals surface area contributed by atoms with E-state index in [-0.39, 0.29) is 18.4 Å². The quantitative estimate of drug-likeness (QED) is 0.664. The first kappa shape index (κ1) is 17.0. The topological polar surface area (TPSA) is 51.0 Å². The van der Waals surface area contributed by atoms with Crippen LogP contribution < -0.4 is 5.32 Å². The van der Waals surface area contributed by atoms with Gasteiger partial charge in [0.15, 0.2) is 5.58 Å². The van der Waals surface area contributed by atoms with Crippen molar-refractivity contribution in [3.05, 3.63) is 53.5 Å². The number of hydrogen-bond donors (Lipinski definition) is 1. The van der Waals surface area contributed by atoms with Crippen molar-refractivity contribution in [2.24, 2.45) is 0 Å². The molecule has 0 radical (unpaired) electrons. The SMILES string of the molecule is C=Cc1ccnc(-c2cc3oc([C@H]4CCCN4)cc3nc2Cl)c1.Cl. The largest absolute Gasteiger partial charge is 0.458 e. The van der Waals surface area contributed by atoms with Gasteiger partial charge in [0.25, 0.3) is 0 Å². The van der Waals surface area contributed by atoms with Gasteiger partial charge in [-0.1, -0.05) is 24.3 Å². The van der Waals surface area contributed by atoms with Crippen molar-refractivity contribution in [1.82, 2.24) is 15.3 Å². The predicted octanol–water partition coefficient (Wildman–Crippen LogP) is 5.03. The zero-order valence-electron chi connectivity index (χ0n) is 13.0. The molecule has 0 bridgehead atoms. The van der Waals surface area contributed by atoms with Gasteiger partial charge in [0, 0.05) is 17.8 Å². The summed E-state index contributed by atoms with van der Waals surface area (Å²) in [7, 11) is 0. The highest BCUT2D eigenvalue weighted by atomic mass is 35.5. The number of nitrogens with one attached hydrogen (secondary N) is 1. The Hall–Kier alpha value is -1.88. The Morgan fingerprint density at radius 3 is 2.96 bits per heavy atom. The Bertz CT molecular complexity index is 885. The first-order chi connectivity index (χ1) is 11.2. The van der Waals surface area contributed by atoms with Gasteiger partial charge >= 0.3 is 0 Å². The minimum Gasteiger partial charge on any atom is -0.458 e. The highest BCUT2D eigenvalue weighted by Gasteiger charge is 2.21. The molecule has 1 aliphatic rings. The molecule has 24 heavy (non-hydrogen) atoms. The third kappa shape index (κ3) is 3.05. The van der Waals surface area contributed by atoms with Gasteiger partial charge in [-0.05, 0) is 43.1 Å². The average Bonchev–Trinajstić information content (AvgIpc) is 3.23. The summed E-state index contributed by atoms with van der Waals surface area (Å²) >= 11 is 6.37. The Morgan fingerprint density at radius 1 is 1.33 bits per heavy atom. The van der Waals surface area contributed by atoms with Gasteiger partial charge in [-0.25, -0.2) is 4.98 Å². The number of furan rings is 1. The average molecular weight is 362 g/mol. The second kappa shape index (κ2) is 6.93. The molecule has 4 nitrogen and oxygen atoms in total. The van der Waals surface area contributed by atoms with Crippen molar-refractivity contribution >= 4 is 41.2 Å². The van der Waals surface area contributed by atoms with Gasteiger partial charge in [-0.2, -0.15) is 0 Å². The van der Waals surface area contributed by atoms with E-state index in [1.807, 2.05) is 24.3 Å². The molecule has 0 saturated carbocycles. The molecule has 4 rings (SSSR count). The molecule has 1 atom stereocenters. The van der Waals surface area contributed by atoms with E-state index in [1.54, 1.807) is 12.3 Å². The van der Waals surface area contributed by atoms with Gasteiger partial charge in [-0.3, -0.25) is 4.98 Å². The van der Waals surface area contributed by atoms with Crippen molar-refractivity contribution in [3.63, 3.8) is 0 Å². The lowest BCUT2D eigenvalue weighted by Gasteiger charge is -2.05. The first-order valence-corrected chi connectivity index (χ1v) is 8.04. The minimum atomic E-state index is 0. The van der Waals surface area contributed by atoms with Crippen LogP contribution in [0.25, 0.3) is 28.4 Å². The van der Waals surface area contributed by atoms with Crippen LogP contribution in [0.3, 0.4) is 0 Å². The second-order valence-corrected chi connectivity index (χ2v) is 6.04. The molecule has 0 aliphatic carbocycles. The van der Waals surface area contributed by atoms with Crippen LogP contribution in [0.4, 0.5) is 0 Å². The standard InChI is InChI=1S/C18H16ClN3O.ClH/c1-2-11-5-7-21-14(8-11)12-9-16-15(22-18(12)19)10-17(23-16)13-4-3-6-20-13;/h2,5,7-10,13,20H,1,3-4,6H2;1H/t13-;/m1./s1. The van der Waals surface area contributed by atoms with Crippen LogP contribution in [0.1, 0.15) is 30.2 Å². The molecule has 0 aromatic carbocycles. The number of pyridine rings is 2. The number of hydrogen-bond acceptors (Lipinski definition) is 4. The van der Waals surface area contributed by atoms with E-state index in [0.29, 0.717) is 5.15 Å². The van der Waals surface area contributed by atoms with E-state index in [1.165, 1.54) is 6.42 Å². The van der Waals surface area contributed by atoms with Crippen LogP contribution in [-0.2, 0) is 0 Å². The summed E-state index contributed by atoms with van der Waals surface area (Å²) in [5, 5.41) is 3.86. The van der Waals surface area contributed by atoms with Crippen molar-refractivity contribution in [1.29, 1.82) is 0 Å². The molecule has 0 spiro atoms. The predicted molar refractivity (Wildman–Crippen MR) is 99.6 cm³/mol. The van der Waals surface area contributed by atoms with Gasteiger partial charge in [-0.15, -0.1) is 12.4 Å². The van der Waals surface area contributed by atoms with E-state index >= 15 is 0 Å². The fourth-order valence-corrected chi connectivity index (χ4v) is 3.20. The maximum atomic E-state index is 6.37. The minimum absolute atomic E-state index is 0. The zero-order chi connectivity index (χ0) is 15.8. The lowest BCUT2D eigenvalue weighted by Crippen LogP contribution is -2.11. The summed E-state index contributed by atoms with van der Waals surface area (Å²) in [5.74, 6) is 0.922. The molecule has 1 fully saturated rings. The fraction of sp³-hybridized carbons (Fsp3) is 0.222. The maximum Gasteiger partial charge on any atom is 0.153 e. The summed E-state index contributed by atoms with van der Waals surface area (Å²) in [4.78, 5) is 8.86. The highest BCUT2D eigenvalue weighted by Crippen LogP contribution is 2.33. The Balaban J connectivity index is 0.00000169. The van der Waals surface area contributed by atoms with Crippen LogP contribution in [0, 0.1) is 0 Å². The monoisotopic (exact) mass is 361 g/mol. The van der Waals surface area contributed by atoms with Crippen LogP contribution in [-0.4, -0.2) is 16.5 Å². The lowest BCUT2D eigenvalue weighted by molar-refractivity contribution is 0.471. The van der Waals surface area contributed by atoms with Crippen molar-refractivity contribution in [2.75, 3.05) is 6.54 Å². The first-order valence-electron chi connectivity index (χ1n) is 7.67. The molecule has 4 heterocycles. The van der Waals surface area contributed by atoms with Gasteiger partial charge < -0.3 is 9.73 Å². The number of halogens is 2. The third-order valence-corrected chi connectivity index (χ3v) is 4.46. The Labute approximate surface area is 151 Å². The third-order valence-electron chi connectivity index (χ3n) is 4.17. The van der Waals surface area contributed by atoms with Crippen molar-refractivity contribution in [3.8, 4) is 11.3 Å². The molecular formula is C18H17Cl2N3O. The summed E-state index contributed by atoms with van der Waals surface area (Å²) < 4.78 is 5.99. The molecule has 3 aromatic heterocycles. The summed E-state index contributed by atoms with van der Waals surface area (Å²) in [6.07, 6.45) is 5.77. The Morgan fingerprint density at radius 2 is 2.21 bits per heavy atom. The Kier molecular flexibility index (Phi) is 4.90. The molecule has 6 heteroatoms. The van der Waals surface area contributed by atoms with E-state index < -0.39 is 0 Å². The molecule has 0 amide bonds. The lowest BCUT2D eigenvalue weighted by atomic mass is 10.1. The van der Waals surface area contributed by atoms with Crippen molar-refractivity contribution in [2.45, 2.75) is 18.9 Å². The van der Waals surface area contributed by atoms with Crippen LogP contribution >= 0.6 is 24.0 Å². The van der Waals surface area contributed by atoms with Crippen LogP contribution in [0.2, 0.25) is 5.15 Å². The zero-order valence-corrected chi connectivity index (χ0v) is 14.5. The summed E-state index contributed by atoms with van der Waals surface area (Å²) in [5.41, 5.74) is 4.03. The van der Waals surface area contributed by atoms with E-state index in [9.17, 15) is 0 Å². The summed E-state index contributed by atoms with van der Waals surface area (Å²) in [6.45, 7) is 4.81. The molecule has 1 saturated heterocycles. The molecule has 1 N–H and O–H groups in total. The van der Waals surface area contributed by atoms with Gasteiger partial charge in [0.05, 0.1) is 11.7 Å². The molecule has 0 unspecified atom stereocenters.